The first-order valence-corrected chi connectivity index (χ1v) is 5.54. The van der Waals surface area contributed by atoms with Crippen LogP contribution in [0.5, 0.6) is 0 Å². The smallest absolute Gasteiger partial charge is 0.347 e. The lowest BCUT2D eigenvalue weighted by Gasteiger charge is -2.14. The fraction of sp³-hybridized carbons (Fsp3) is 0.667. The minimum atomic E-state index is -1.54. The molecular weight excluding hydrogens is 236 g/mol. The van der Waals surface area contributed by atoms with E-state index in [1.54, 1.807) is 0 Å². The van der Waals surface area contributed by atoms with Crippen LogP contribution >= 0.6 is 11.8 Å². The number of thioether (sulfide) groups is 1. The van der Waals surface area contributed by atoms with Crippen molar-refractivity contribution in [2.75, 3.05) is 12.4 Å². The van der Waals surface area contributed by atoms with Gasteiger partial charge in [-0.25, -0.2) is 4.79 Å². The van der Waals surface area contributed by atoms with E-state index in [2.05, 4.69) is 4.74 Å². The van der Waals surface area contributed by atoms with Crippen molar-refractivity contribution in [3.05, 3.63) is 0 Å². The van der Waals surface area contributed by atoms with Gasteiger partial charge in [0.25, 0.3) is 0 Å². The normalized spacial score (nSPS) is 13.9. The molecule has 92 valence electrons. The quantitative estimate of drug-likeness (QED) is 0.634. The Labute approximate surface area is 97.0 Å². The molecule has 0 aliphatic rings. The van der Waals surface area contributed by atoms with Gasteiger partial charge in [0.15, 0.2) is 5.12 Å². The van der Waals surface area contributed by atoms with Crippen LogP contribution < -0.4 is 0 Å². The second-order valence-corrected chi connectivity index (χ2v) is 4.35. The summed E-state index contributed by atoms with van der Waals surface area (Å²) in [7, 11) is 0. The molecule has 0 saturated heterocycles. The molecule has 0 rings (SSSR count). The van der Waals surface area contributed by atoms with Crippen LogP contribution in [-0.4, -0.2) is 45.7 Å². The van der Waals surface area contributed by atoms with E-state index >= 15 is 0 Å². The average Bonchev–Trinajstić information content (AvgIpc) is 2.21. The third-order valence-corrected chi connectivity index (χ3v) is 2.71. The maximum Gasteiger partial charge on any atom is 0.347 e. The molecule has 2 N–H and O–H groups in total. The summed E-state index contributed by atoms with van der Waals surface area (Å²) in [6.45, 7) is 2.12. The number of hydrogen-bond acceptors (Lipinski definition) is 6. The standard InChI is InChI=1S/C9H14O6S/c1-5(4-16-6(2)11)9(14)15-7(3-10)8(12)13/h5,7,10H,3-4H2,1-2H3,(H,12,13)/t5-,7+/m1/s1. The molecule has 0 fully saturated rings. The molecule has 7 heteroatoms. The molecule has 0 aromatic carbocycles. The van der Waals surface area contributed by atoms with Gasteiger partial charge in [0, 0.05) is 12.7 Å². The number of aliphatic hydroxyl groups is 1. The summed E-state index contributed by atoms with van der Waals surface area (Å²) in [5.74, 6) is -2.51. The molecule has 2 atom stereocenters. The number of aliphatic carboxylic acids is 1. The maximum atomic E-state index is 11.3. The fourth-order valence-corrected chi connectivity index (χ4v) is 1.35. The topological polar surface area (TPSA) is 101 Å². The maximum absolute atomic E-state index is 11.3. The molecule has 0 radical (unpaired) electrons. The highest BCUT2D eigenvalue weighted by atomic mass is 32.2. The Kier molecular flexibility index (Phi) is 6.75. The van der Waals surface area contributed by atoms with E-state index in [1.807, 2.05) is 0 Å². The number of rotatable bonds is 6. The molecule has 0 spiro atoms. The van der Waals surface area contributed by atoms with Gasteiger partial charge in [-0.3, -0.25) is 9.59 Å². The summed E-state index contributed by atoms with van der Waals surface area (Å²) in [6, 6.07) is 0. The third kappa shape index (κ3) is 5.72. The Morgan fingerprint density at radius 2 is 1.94 bits per heavy atom. The molecule has 0 saturated carbocycles. The predicted octanol–water partition coefficient (Wildman–Crippen LogP) is -0.109. The highest BCUT2D eigenvalue weighted by molar-refractivity contribution is 8.13. The van der Waals surface area contributed by atoms with Gasteiger partial charge in [-0.15, -0.1) is 0 Å². The monoisotopic (exact) mass is 250 g/mol. The Balaban J connectivity index is 4.13. The number of ether oxygens (including phenoxy) is 1. The molecule has 0 unspecified atom stereocenters. The minimum absolute atomic E-state index is 0.128. The highest BCUT2D eigenvalue weighted by Gasteiger charge is 2.24. The number of aliphatic hydroxyl groups excluding tert-OH is 1. The van der Waals surface area contributed by atoms with Crippen LogP contribution in [-0.2, 0) is 19.1 Å². The number of carbonyl (C=O) groups excluding carboxylic acids is 2. The Hall–Kier alpha value is -1.08. The van der Waals surface area contributed by atoms with Crippen molar-refractivity contribution in [3.8, 4) is 0 Å². The van der Waals surface area contributed by atoms with E-state index in [9.17, 15) is 14.4 Å². The Bertz CT molecular complexity index is 277. The number of carbonyl (C=O) groups is 3. The lowest BCUT2D eigenvalue weighted by molar-refractivity contribution is -0.168. The van der Waals surface area contributed by atoms with Gasteiger partial charge < -0.3 is 14.9 Å². The zero-order valence-corrected chi connectivity index (χ0v) is 9.82. The minimum Gasteiger partial charge on any atom is -0.478 e. The molecule has 0 aromatic heterocycles. The zero-order chi connectivity index (χ0) is 12.7. The first kappa shape index (κ1) is 14.9. The van der Waals surface area contributed by atoms with Crippen molar-refractivity contribution in [1.29, 1.82) is 0 Å². The van der Waals surface area contributed by atoms with Crippen molar-refractivity contribution in [2.24, 2.45) is 5.92 Å². The van der Waals surface area contributed by atoms with E-state index in [0.717, 1.165) is 11.8 Å². The number of carboxylic acid groups (broad SMARTS) is 1. The molecular formula is C9H14O6S. The van der Waals surface area contributed by atoms with Crippen LogP contribution in [0.2, 0.25) is 0 Å². The molecule has 0 amide bonds. The van der Waals surface area contributed by atoms with E-state index in [4.69, 9.17) is 10.2 Å². The summed E-state index contributed by atoms with van der Waals surface area (Å²) in [5, 5.41) is 17.0. The number of hydrogen-bond donors (Lipinski definition) is 2. The average molecular weight is 250 g/mol. The first-order chi connectivity index (χ1) is 7.38. The van der Waals surface area contributed by atoms with Crippen LogP contribution in [0.1, 0.15) is 13.8 Å². The van der Waals surface area contributed by atoms with Gasteiger partial charge in [0.05, 0.1) is 12.5 Å². The first-order valence-electron chi connectivity index (χ1n) is 4.56. The van der Waals surface area contributed by atoms with Gasteiger partial charge >= 0.3 is 11.9 Å². The number of carboxylic acids is 1. The molecule has 16 heavy (non-hydrogen) atoms. The molecule has 0 bridgehead atoms. The summed E-state index contributed by atoms with van der Waals surface area (Å²) < 4.78 is 4.54. The van der Waals surface area contributed by atoms with Crippen LogP contribution in [0.3, 0.4) is 0 Å². The highest BCUT2D eigenvalue weighted by Crippen LogP contribution is 2.11. The van der Waals surface area contributed by atoms with E-state index < -0.39 is 30.6 Å². The molecule has 0 heterocycles. The summed E-state index contributed by atoms with van der Waals surface area (Å²) in [6.07, 6.45) is -1.54. The molecule has 0 aromatic rings. The van der Waals surface area contributed by atoms with Crippen LogP contribution in [0.4, 0.5) is 0 Å². The van der Waals surface area contributed by atoms with Gasteiger partial charge in [-0.2, -0.15) is 0 Å². The largest absolute Gasteiger partial charge is 0.478 e. The van der Waals surface area contributed by atoms with Crippen LogP contribution in [0.15, 0.2) is 0 Å². The number of esters is 1. The van der Waals surface area contributed by atoms with E-state index in [1.165, 1.54) is 13.8 Å². The molecule has 0 aliphatic heterocycles. The van der Waals surface area contributed by atoms with Crippen molar-refractivity contribution in [1.82, 2.24) is 0 Å². The Morgan fingerprint density at radius 1 is 1.38 bits per heavy atom. The SMILES string of the molecule is CC(=O)SC[C@@H](C)C(=O)O[C@@H](CO)C(=O)O. The lowest BCUT2D eigenvalue weighted by Crippen LogP contribution is -2.33. The van der Waals surface area contributed by atoms with Gasteiger partial charge in [0.2, 0.25) is 6.10 Å². The summed E-state index contributed by atoms with van der Waals surface area (Å²) in [4.78, 5) is 32.4. The van der Waals surface area contributed by atoms with Crippen molar-refractivity contribution in [2.45, 2.75) is 20.0 Å². The van der Waals surface area contributed by atoms with Crippen molar-refractivity contribution >= 4 is 28.8 Å². The zero-order valence-electron chi connectivity index (χ0n) is 9.00. The second kappa shape index (κ2) is 7.24. The van der Waals surface area contributed by atoms with Crippen molar-refractivity contribution < 1.29 is 29.3 Å². The summed E-state index contributed by atoms with van der Waals surface area (Å²) in [5.41, 5.74) is 0. The second-order valence-electron chi connectivity index (χ2n) is 3.15. The Morgan fingerprint density at radius 3 is 2.31 bits per heavy atom. The molecule has 0 aliphatic carbocycles. The van der Waals surface area contributed by atoms with E-state index in [-0.39, 0.29) is 10.9 Å². The van der Waals surface area contributed by atoms with E-state index in [0.29, 0.717) is 0 Å². The lowest BCUT2D eigenvalue weighted by atomic mass is 10.2. The van der Waals surface area contributed by atoms with Gasteiger partial charge in [-0.05, 0) is 0 Å². The van der Waals surface area contributed by atoms with Crippen LogP contribution in [0, 0.1) is 5.92 Å². The molecule has 6 nitrogen and oxygen atoms in total. The van der Waals surface area contributed by atoms with Gasteiger partial charge in [0.1, 0.15) is 0 Å². The third-order valence-electron chi connectivity index (χ3n) is 1.64. The van der Waals surface area contributed by atoms with Gasteiger partial charge in [-0.1, -0.05) is 18.7 Å². The predicted molar refractivity (Wildman–Crippen MR) is 56.9 cm³/mol. The van der Waals surface area contributed by atoms with Crippen molar-refractivity contribution in [3.63, 3.8) is 0 Å². The van der Waals surface area contributed by atoms with Crippen LogP contribution in [0.25, 0.3) is 0 Å². The summed E-state index contributed by atoms with van der Waals surface area (Å²) >= 11 is 0.961. The fourth-order valence-electron chi connectivity index (χ4n) is 0.733.